The van der Waals surface area contributed by atoms with Gasteiger partial charge >= 0.3 is 0 Å². The van der Waals surface area contributed by atoms with Gasteiger partial charge < -0.3 is 4.90 Å². The SMILES string of the molecule is CN1CCC2(C)C(Br)C2C1. The van der Waals surface area contributed by atoms with Gasteiger partial charge in [-0.2, -0.15) is 0 Å². The van der Waals surface area contributed by atoms with Gasteiger partial charge in [0, 0.05) is 11.4 Å². The van der Waals surface area contributed by atoms with E-state index in [-0.39, 0.29) is 0 Å². The third kappa shape index (κ3) is 0.782. The maximum Gasteiger partial charge on any atom is 0.0249 e. The second-order valence-corrected chi connectivity index (χ2v) is 5.01. The van der Waals surface area contributed by atoms with Gasteiger partial charge in [-0.05, 0) is 31.3 Å². The van der Waals surface area contributed by atoms with Crippen LogP contribution < -0.4 is 0 Å². The minimum atomic E-state index is 0.659. The van der Waals surface area contributed by atoms with Crippen LogP contribution in [0.15, 0.2) is 0 Å². The van der Waals surface area contributed by atoms with Gasteiger partial charge in [-0.25, -0.2) is 0 Å². The van der Waals surface area contributed by atoms with E-state index in [0.717, 1.165) is 10.7 Å². The van der Waals surface area contributed by atoms with Crippen LogP contribution in [-0.2, 0) is 0 Å². The molecule has 0 N–H and O–H groups in total. The molecule has 1 nitrogen and oxygen atoms in total. The summed E-state index contributed by atoms with van der Waals surface area (Å²) in [5.41, 5.74) is 0.659. The highest BCUT2D eigenvalue weighted by molar-refractivity contribution is 9.09. The Bertz CT molecular complexity index is 159. The second-order valence-electron chi connectivity index (χ2n) is 4.03. The zero-order chi connectivity index (χ0) is 7.35. The summed E-state index contributed by atoms with van der Waals surface area (Å²) < 4.78 is 0. The Hall–Kier alpha value is 0.440. The largest absolute Gasteiger partial charge is 0.306 e. The molecule has 1 saturated carbocycles. The number of piperidine rings is 1. The molecular weight excluding hydrogens is 190 g/mol. The van der Waals surface area contributed by atoms with Crippen LogP contribution in [0, 0.1) is 11.3 Å². The van der Waals surface area contributed by atoms with Gasteiger partial charge in [-0.3, -0.25) is 0 Å². The lowest BCUT2D eigenvalue weighted by molar-refractivity contribution is 0.222. The zero-order valence-electron chi connectivity index (χ0n) is 6.60. The normalized spacial score (nSPS) is 54.3. The van der Waals surface area contributed by atoms with Crippen LogP contribution in [0.2, 0.25) is 0 Å². The molecule has 1 aliphatic carbocycles. The van der Waals surface area contributed by atoms with Crippen molar-refractivity contribution in [3.05, 3.63) is 0 Å². The first-order valence-corrected chi connectivity index (χ1v) is 4.89. The summed E-state index contributed by atoms with van der Waals surface area (Å²) in [5, 5.41) is 0. The maximum atomic E-state index is 3.73. The minimum Gasteiger partial charge on any atom is -0.306 e. The smallest absolute Gasteiger partial charge is 0.0249 e. The highest BCUT2D eigenvalue weighted by Gasteiger charge is 2.61. The second kappa shape index (κ2) is 1.98. The zero-order valence-corrected chi connectivity index (χ0v) is 8.19. The topological polar surface area (TPSA) is 3.24 Å². The summed E-state index contributed by atoms with van der Waals surface area (Å²) in [7, 11) is 2.22. The third-order valence-corrected chi connectivity index (χ3v) is 4.95. The van der Waals surface area contributed by atoms with E-state index in [1.165, 1.54) is 19.5 Å². The Labute approximate surface area is 70.9 Å². The fourth-order valence-electron chi connectivity index (χ4n) is 2.08. The van der Waals surface area contributed by atoms with E-state index in [9.17, 15) is 0 Å². The van der Waals surface area contributed by atoms with Crippen molar-refractivity contribution < 1.29 is 0 Å². The van der Waals surface area contributed by atoms with E-state index >= 15 is 0 Å². The van der Waals surface area contributed by atoms with Crippen molar-refractivity contribution in [1.29, 1.82) is 0 Å². The van der Waals surface area contributed by atoms with E-state index in [1.807, 2.05) is 0 Å². The van der Waals surface area contributed by atoms with Gasteiger partial charge in [0.2, 0.25) is 0 Å². The molecule has 0 aromatic carbocycles. The molecule has 3 atom stereocenters. The van der Waals surface area contributed by atoms with Crippen LogP contribution in [0.25, 0.3) is 0 Å². The molecule has 2 rings (SSSR count). The van der Waals surface area contributed by atoms with Gasteiger partial charge in [0.25, 0.3) is 0 Å². The quantitative estimate of drug-likeness (QED) is 0.543. The summed E-state index contributed by atoms with van der Waals surface area (Å²) in [6.07, 6.45) is 1.38. The Morgan fingerprint density at radius 2 is 2.30 bits per heavy atom. The molecule has 3 unspecified atom stereocenters. The van der Waals surface area contributed by atoms with Crippen molar-refractivity contribution in [1.82, 2.24) is 4.90 Å². The van der Waals surface area contributed by atoms with Crippen molar-refractivity contribution in [3.8, 4) is 0 Å². The number of hydrogen-bond acceptors (Lipinski definition) is 1. The predicted molar refractivity (Wildman–Crippen MR) is 46.4 cm³/mol. The number of likely N-dealkylation sites (tertiary alicyclic amines) is 1. The monoisotopic (exact) mass is 203 g/mol. The lowest BCUT2D eigenvalue weighted by Gasteiger charge is -2.25. The van der Waals surface area contributed by atoms with Crippen LogP contribution in [0.1, 0.15) is 13.3 Å². The molecule has 0 aromatic rings. The number of nitrogens with zero attached hydrogens (tertiary/aromatic N) is 1. The number of rotatable bonds is 0. The minimum absolute atomic E-state index is 0.659. The molecule has 2 aliphatic rings. The first-order valence-electron chi connectivity index (χ1n) is 3.97. The van der Waals surface area contributed by atoms with Crippen molar-refractivity contribution in [2.75, 3.05) is 20.1 Å². The van der Waals surface area contributed by atoms with Crippen LogP contribution >= 0.6 is 15.9 Å². The highest BCUT2D eigenvalue weighted by Crippen LogP contribution is 2.61. The standard InChI is InChI=1S/C8H14BrN/c1-8-3-4-10(2)5-6(8)7(8)9/h6-7H,3-5H2,1-2H3. The number of hydrogen-bond donors (Lipinski definition) is 0. The average molecular weight is 204 g/mol. The van der Waals surface area contributed by atoms with Crippen molar-refractivity contribution in [3.63, 3.8) is 0 Å². The molecule has 1 saturated heterocycles. The van der Waals surface area contributed by atoms with E-state index in [1.54, 1.807) is 0 Å². The summed E-state index contributed by atoms with van der Waals surface area (Å²) >= 11 is 3.73. The number of alkyl halides is 1. The lowest BCUT2D eigenvalue weighted by atomic mass is 9.98. The van der Waals surface area contributed by atoms with Gasteiger partial charge in [0.15, 0.2) is 0 Å². The first-order chi connectivity index (χ1) is 4.64. The lowest BCUT2D eigenvalue weighted by Crippen LogP contribution is -2.30. The number of halogens is 1. The summed E-state index contributed by atoms with van der Waals surface area (Å²) in [5.74, 6) is 0.936. The van der Waals surface area contributed by atoms with E-state index in [4.69, 9.17) is 0 Å². The van der Waals surface area contributed by atoms with Crippen LogP contribution in [0.5, 0.6) is 0 Å². The summed E-state index contributed by atoms with van der Waals surface area (Å²) in [6.45, 7) is 4.99. The van der Waals surface area contributed by atoms with Gasteiger partial charge in [-0.15, -0.1) is 0 Å². The molecule has 0 radical (unpaired) electrons. The van der Waals surface area contributed by atoms with Crippen LogP contribution in [0.4, 0.5) is 0 Å². The van der Waals surface area contributed by atoms with E-state index < -0.39 is 0 Å². The Balaban J connectivity index is 2.06. The molecule has 1 aliphatic heterocycles. The summed E-state index contributed by atoms with van der Waals surface area (Å²) in [6, 6.07) is 0. The molecule has 0 spiro atoms. The molecule has 1 heterocycles. The third-order valence-electron chi connectivity index (χ3n) is 3.26. The molecular formula is C8H14BrN. The molecule has 10 heavy (non-hydrogen) atoms. The molecule has 0 amide bonds. The Morgan fingerprint density at radius 3 is 2.80 bits per heavy atom. The van der Waals surface area contributed by atoms with Crippen LogP contribution in [0.3, 0.4) is 0 Å². The highest BCUT2D eigenvalue weighted by atomic mass is 79.9. The van der Waals surface area contributed by atoms with Gasteiger partial charge in [0.05, 0.1) is 0 Å². The van der Waals surface area contributed by atoms with Crippen molar-refractivity contribution in [2.45, 2.75) is 18.2 Å². The molecule has 58 valence electrons. The summed E-state index contributed by atoms with van der Waals surface area (Å²) in [4.78, 5) is 3.25. The molecule has 0 bridgehead atoms. The average Bonchev–Trinajstić information content (AvgIpc) is 2.40. The number of fused-ring (bicyclic) bond motifs is 1. The first kappa shape index (κ1) is 7.11. The van der Waals surface area contributed by atoms with Gasteiger partial charge in [-0.1, -0.05) is 22.9 Å². The van der Waals surface area contributed by atoms with Crippen molar-refractivity contribution >= 4 is 15.9 Å². The van der Waals surface area contributed by atoms with Crippen molar-refractivity contribution in [2.24, 2.45) is 11.3 Å². The predicted octanol–water partition coefficient (Wildman–Crippen LogP) is 1.72. The fraction of sp³-hybridized carbons (Fsp3) is 1.00. The Morgan fingerprint density at radius 1 is 1.60 bits per heavy atom. The fourth-order valence-corrected chi connectivity index (χ4v) is 3.27. The maximum absolute atomic E-state index is 3.73. The van der Waals surface area contributed by atoms with E-state index in [0.29, 0.717) is 5.41 Å². The van der Waals surface area contributed by atoms with Gasteiger partial charge in [0.1, 0.15) is 0 Å². The molecule has 2 fully saturated rings. The Kier molecular flexibility index (Phi) is 1.41. The molecule has 2 heteroatoms. The van der Waals surface area contributed by atoms with Crippen LogP contribution in [-0.4, -0.2) is 29.9 Å². The molecule has 0 aromatic heterocycles. The van der Waals surface area contributed by atoms with E-state index in [2.05, 4.69) is 34.8 Å².